The van der Waals surface area contributed by atoms with Gasteiger partial charge in [-0.2, -0.15) is 0 Å². The van der Waals surface area contributed by atoms with Crippen molar-refractivity contribution >= 4 is 5.91 Å². The Morgan fingerprint density at radius 1 is 1.32 bits per heavy atom. The quantitative estimate of drug-likeness (QED) is 0.727. The summed E-state index contributed by atoms with van der Waals surface area (Å²) in [4.78, 5) is 14.1. The van der Waals surface area contributed by atoms with E-state index in [-0.39, 0.29) is 11.8 Å². The maximum Gasteiger partial charge on any atom is 0.223 e. The van der Waals surface area contributed by atoms with Crippen molar-refractivity contribution in [2.45, 2.75) is 25.4 Å². The summed E-state index contributed by atoms with van der Waals surface area (Å²) in [6.07, 6.45) is 3.26. The molecule has 0 spiro atoms. The lowest BCUT2D eigenvalue weighted by Gasteiger charge is -2.28. The van der Waals surface area contributed by atoms with Gasteiger partial charge in [0.15, 0.2) is 0 Å². The Bertz CT molecular complexity index is 321. The van der Waals surface area contributed by atoms with Crippen molar-refractivity contribution < 1.29 is 14.6 Å². The number of amides is 1. The highest BCUT2D eigenvalue weighted by molar-refractivity contribution is 5.82. The lowest BCUT2D eigenvalue weighted by molar-refractivity contribution is -0.123. The minimum absolute atomic E-state index is 0.163. The number of ether oxygens (including phenoxy) is 1. The molecule has 0 radical (unpaired) electrons. The lowest BCUT2D eigenvalue weighted by atomic mass is 10.1. The highest BCUT2D eigenvalue weighted by Crippen LogP contribution is 2.57. The number of aliphatic hydroxyl groups is 1. The molecule has 2 aliphatic carbocycles. The third kappa shape index (κ3) is 3.09. The first kappa shape index (κ1) is 13.3. The minimum atomic E-state index is -0.472. The van der Waals surface area contributed by atoms with Crippen molar-refractivity contribution in [3.8, 4) is 0 Å². The molecule has 3 aliphatic rings. The molecule has 1 amide bonds. The number of hydrogen-bond donors (Lipinski definition) is 2. The minimum Gasteiger partial charge on any atom is -0.390 e. The van der Waals surface area contributed by atoms with Crippen LogP contribution in [-0.4, -0.2) is 61.4 Å². The molecule has 3 fully saturated rings. The van der Waals surface area contributed by atoms with Gasteiger partial charge in [0.25, 0.3) is 0 Å². The lowest BCUT2D eigenvalue weighted by Crippen LogP contribution is -2.44. The predicted octanol–water partition coefficient (Wildman–Crippen LogP) is -0.158. The van der Waals surface area contributed by atoms with E-state index in [1.54, 1.807) is 0 Å². The Labute approximate surface area is 114 Å². The molecule has 5 heteroatoms. The summed E-state index contributed by atoms with van der Waals surface area (Å²) in [6, 6.07) is 0. The molecule has 0 aromatic rings. The Balaban J connectivity index is 1.34. The fourth-order valence-corrected chi connectivity index (χ4v) is 3.69. The zero-order valence-electron chi connectivity index (χ0n) is 11.4. The standard InChI is InChI=1S/C14H24N2O3/c17-10(9-16-4-6-19-7-5-16)8-15-14(18)13-11-2-1-3-12(11)13/h10-13,17H,1-9H2,(H,15,18). The van der Waals surface area contributed by atoms with Crippen LogP contribution in [0, 0.1) is 17.8 Å². The van der Waals surface area contributed by atoms with Crippen LogP contribution >= 0.6 is 0 Å². The van der Waals surface area contributed by atoms with Crippen LogP contribution in [0.4, 0.5) is 0 Å². The van der Waals surface area contributed by atoms with Crippen molar-refractivity contribution in [3.63, 3.8) is 0 Å². The molecule has 3 rings (SSSR count). The number of aliphatic hydroxyl groups excluding tert-OH is 1. The van der Waals surface area contributed by atoms with E-state index in [0.717, 1.165) is 26.3 Å². The van der Waals surface area contributed by atoms with Crippen molar-refractivity contribution in [2.24, 2.45) is 17.8 Å². The molecule has 1 saturated heterocycles. The molecule has 3 atom stereocenters. The SMILES string of the molecule is O=C(NCC(O)CN1CCOCC1)C1C2CCCC21. The van der Waals surface area contributed by atoms with Crippen molar-refractivity contribution in [2.75, 3.05) is 39.4 Å². The fraction of sp³-hybridized carbons (Fsp3) is 0.929. The molecule has 0 bridgehead atoms. The summed E-state index contributed by atoms with van der Waals surface area (Å²) < 4.78 is 5.27. The first-order valence-electron chi connectivity index (χ1n) is 7.51. The number of rotatable bonds is 5. The number of nitrogens with one attached hydrogen (secondary N) is 1. The molecule has 2 N–H and O–H groups in total. The molecule has 0 aromatic carbocycles. The molecular weight excluding hydrogens is 244 g/mol. The van der Waals surface area contributed by atoms with Gasteiger partial charge in [0, 0.05) is 32.1 Å². The van der Waals surface area contributed by atoms with E-state index >= 15 is 0 Å². The summed E-state index contributed by atoms with van der Waals surface area (Å²) in [5, 5.41) is 12.9. The van der Waals surface area contributed by atoms with E-state index in [9.17, 15) is 9.90 Å². The van der Waals surface area contributed by atoms with Crippen LogP contribution < -0.4 is 5.32 Å². The number of nitrogens with zero attached hydrogens (tertiary/aromatic N) is 1. The highest BCUT2D eigenvalue weighted by Gasteiger charge is 2.56. The molecule has 108 valence electrons. The van der Waals surface area contributed by atoms with E-state index in [1.807, 2.05) is 0 Å². The van der Waals surface area contributed by atoms with Gasteiger partial charge < -0.3 is 15.2 Å². The van der Waals surface area contributed by atoms with Gasteiger partial charge in [-0.05, 0) is 24.7 Å². The molecule has 2 saturated carbocycles. The van der Waals surface area contributed by atoms with E-state index < -0.39 is 6.10 Å². The van der Waals surface area contributed by atoms with Gasteiger partial charge in [0.05, 0.1) is 19.3 Å². The van der Waals surface area contributed by atoms with Crippen LogP contribution in [0.25, 0.3) is 0 Å². The number of hydrogen-bond acceptors (Lipinski definition) is 4. The molecule has 3 unspecified atom stereocenters. The van der Waals surface area contributed by atoms with Gasteiger partial charge in [0.2, 0.25) is 5.91 Å². The van der Waals surface area contributed by atoms with Crippen LogP contribution in [0.2, 0.25) is 0 Å². The van der Waals surface area contributed by atoms with E-state index in [0.29, 0.717) is 24.9 Å². The van der Waals surface area contributed by atoms with Crippen LogP contribution in [0.5, 0.6) is 0 Å². The van der Waals surface area contributed by atoms with Gasteiger partial charge in [0.1, 0.15) is 0 Å². The normalized spacial score (nSPS) is 35.7. The molecule has 19 heavy (non-hydrogen) atoms. The number of fused-ring (bicyclic) bond motifs is 1. The largest absolute Gasteiger partial charge is 0.390 e. The second kappa shape index (κ2) is 5.77. The van der Waals surface area contributed by atoms with Gasteiger partial charge in [-0.3, -0.25) is 9.69 Å². The summed E-state index contributed by atoms with van der Waals surface area (Å²) >= 11 is 0. The van der Waals surface area contributed by atoms with Gasteiger partial charge >= 0.3 is 0 Å². The monoisotopic (exact) mass is 268 g/mol. The first-order chi connectivity index (χ1) is 9.25. The second-order valence-corrected chi connectivity index (χ2v) is 6.10. The Morgan fingerprint density at radius 3 is 2.68 bits per heavy atom. The zero-order valence-corrected chi connectivity index (χ0v) is 11.4. The Hall–Kier alpha value is -0.650. The van der Waals surface area contributed by atoms with Crippen LogP contribution in [0.15, 0.2) is 0 Å². The Kier molecular flexibility index (Phi) is 4.05. The highest BCUT2D eigenvalue weighted by atomic mass is 16.5. The van der Waals surface area contributed by atoms with Crippen LogP contribution in [0.1, 0.15) is 19.3 Å². The summed E-state index contributed by atoms with van der Waals surface area (Å²) in [5.74, 6) is 1.72. The van der Waals surface area contributed by atoms with Crippen molar-refractivity contribution in [1.82, 2.24) is 10.2 Å². The number of morpholine rings is 1. The van der Waals surface area contributed by atoms with E-state index in [1.165, 1.54) is 19.3 Å². The molecule has 5 nitrogen and oxygen atoms in total. The van der Waals surface area contributed by atoms with Crippen LogP contribution in [0.3, 0.4) is 0 Å². The number of β-amino-alcohol motifs (C(OH)–C–C–N with tert-alkyl or cyclic N) is 1. The third-order valence-corrected chi connectivity index (χ3v) is 4.79. The van der Waals surface area contributed by atoms with E-state index in [4.69, 9.17) is 4.74 Å². The first-order valence-corrected chi connectivity index (χ1v) is 7.51. The number of carbonyl (C=O) groups is 1. The number of carbonyl (C=O) groups excluding carboxylic acids is 1. The average molecular weight is 268 g/mol. The molecule has 1 heterocycles. The molecule has 1 aliphatic heterocycles. The van der Waals surface area contributed by atoms with Gasteiger partial charge in [-0.15, -0.1) is 0 Å². The third-order valence-electron chi connectivity index (χ3n) is 4.79. The second-order valence-electron chi connectivity index (χ2n) is 6.10. The zero-order chi connectivity index (χ0) is 13.2. The fourth-order valence-electron chi connectivity index (χ4n) is 3.69. The van der Waals surface area contributed by atoms with E-state index in [2.05, 4.69) is 10.2 Å². The molecule has 0 aromatic heterocycles. The van der Waals surface area contributed by atoms with Crippen molar-refractivity contribution in [3.05, 3.63) is 0 Å². The maximum atomic E-state index is 12.0. The summed E-state index contributed by atoms with van der Waals surface area (Å²) in [7, 11) is 0. The summed E-state index contributed by atoms with van der Waals surface area (Å²) in [5.41, 5.74) is 0. The van der Waals surface area contributed by atoms with Crippen molar-refractivity contribution in [1.29, 1.82) is 0 Å². The summed E-state index contributed by atoms with van der Waals surface area (Å²) in [6.45, 7) is 4.23. The molecular formula is C14H24N2O3. The van der Waals surface area contributed by atoms with Gasteiger partial charge in [-0.25, -0.2) is 0 Å². The maximum absolute atomic E-state index is 12.0. The smallest absolute Gasteiger partial charge is 0.223 e. The van der Waals surface area contributed by atoms with Gasteiger partial charge in [-0.1, -0.05) is 6.42 Å². The average Bonchev–Trinajstić information content (AvgIpc) is 2.90. The topological polar surface area (TPSA) is 61.8 Å². The Morgan fingerprint density at radius 2 is 2.00 bits per heavy atom. The predicted molar refractivity (Wildman–Crippen MR) is 70.6 cm³/mol. The van der Waals surface area contributed by atoms with Crippen LogP contribution in [-0.2, 0) is 9.53 Å².